The Hall–Kier alpha value is -1.42. The summed E-state index contributed by atoms with van der Waals surface area (Å²) in [7, 11) is 0. The number of fused-ring (bicyclic) bond motifs is 1. The maximum absolute atomic E-state index is 6.22. The molecule has 4 heteroatoms. The lowest BCUT2D eigenvalue weighted by atomic mass is 10.1. The molecule has 92 valence electrons. The third kappa shape index (κ3) is 2.31. The number of aryl methyl sites for hydroxylation is 1. The summed E-state index contributed by atoms with van der Waals surface area (Å²) < 4.78 is 2.19. The van der Waals surface area contributed by atoms with E-state index >= 15 is 0 Å². The third-order valence-corrected chi connectivity index (χ3v) is 3.10. The summed E-state index contributed by atoms with van der Waals surface area (Å²) in [5.74, 6) is 0.990. The second kappa shape index (κ2) is 5.27. The smallest absolute Gasteiger partial charge is 0.126 e. The molecule has 0 aliphatic rings. The van der Waals surface area contributed by atoms with Gasteiger partial charge in [-0.3, -0.25) is 4.98 Å². The normalized spacial score (nSPS) is 13.1. The molecular formula is C13H20N4. The van der Waals surface area contributed by atoms with Gasteiger partial charge in [0.05, 0.1) is 17.8 Å². The number of nitrogens with zero attached hydrogens (tertiary/aromatic N) is 3. The van der Waals surface area contributed by atoms with Gasteiger partial charge in [0, 0.05) is 12.7 Å². The van der Waals surface area contributed by atoms with Gasteiger partial charge in [0.1, 0.15) is 11.3 Å². The zero-order chi connectivity index (χ0) is 12.3. The van der Waals surface area contributed by atoms with Gasteiger partial charge in [-0.05, 0) is 19.4 Å². The van der Waals surface area contributed by atoms with Crippen LogP contribution in [-0.2, 0) is 6.54 Å². The Morgan fingerprint density at radius 1 is 1.41 bits per heavy atom. The maximum Gasteiger partial charge on any atom is 0.126 e. The summed E-state index contributed by atoms with van der Waals surface area (Å²) in [5, 5.41) is 0. The monoisotopic (exact) mass is 232 g/mol. The minimum absolute atomic E-state index is 0.0299. The van der Waals surface area contributed by atoms with Crippen LogP contribution < -0.4 is 5.73 Å². The van der Waals surface area contributed by atoms with Crippen LogP contribution >= 0.6 is 0 Å². The average molecular weight is 232 g/mol. The molecule has 2 aromatic rings. The van der Waals surface area contributed by atoms with Crippen molar-refractivity contribution in [2.75, 3.05) is 0 Å². The first-order chi connectivity index (χ1) is 8.27. The molecule has 1 unspecified atom stereocenters. The van der Waals surface area contributed by atoms with Crippen LogP contribution in [0.15, 0.2) is 18.5 Å². The quantitative estimate of drug-likeness (QED) is 0.862. The van der Waals surface area contributed by atoms with Crippen molar-refractivity contribution in [2.24, 2.45) is 5.73 Å². The molecule has 0 fully saturated rings. The minimum Gasteiger partial charge on any atom is -0.327 e. The van der Waals surface area contributed by atoms with Crippen molar-refractivity contribution in [2.45, 2.75) is 45.7 Å². The first kappa shape index (κ1) is 12.0. The Labute approximate surface area is 102 Å². The van der Waals surface area contributed by atoms with Crippen LogP contribution in [0.1, 0.15) is 45.0 Å². The van der Waals surface area contributed by atoms with Gasteiger partial charge in [-0.1, -0.05) is 19.8 Å². The van der Waals surface area contributed by atoms with Gasteiger partial charge in [-0.15, -0.1) is 0 Å². The number of hydrogen-bond acceptors (Lipinski definition) is 3. The summed E-state index contributed by atoms with van der Waals surface area (Å²) in [6.07, 6.45) is 6.91. The lowest BCUT2D eigenvalue weighted by Gasteiger charge is -2.12. The highest BCUT2D eigenvalue weighted by Crippen LogP contribution is 2.21. The maximum atomic E-state index is 6.22. The molecule has 2 rings (SSSR count). The van der Waals surface area contributed by atoms with Gasteiger partial charge in [0.2, 0.25) is 0 Å². The van der Waals surface area contributed by atoms with Gasteiger partial charge < -0.3 is 10.3 Å². The van der Waals surface area contributed by atoms with Crippen LogP contribution in [0.4, 0.5) is 0 Å². The Morgan fingerprint density at radius 2 is 2.24 bits per heavy atom. The summed E-state index contributed by atoms with van der Waals surface area (Å²) in [5.41, 5.74) is 8.29. The van der Waals surface area contributed by atoms with E-state index in [-0.39, 0.29) is 6.04 Å². The highest BCUT2D eigenvalue weighted by molar-refractivity contribution is 5.74. The lowest BCUT2D eigenvalue weighted by molar-refractivity contribution is 0.547. The highest BCUT2D eigenvalue weighted by atomic mass is 15.1. The lowest BCUT2D eigenvalue weighted by Crippen LogP contribution is -2.16. The Morgan fingerprint density at radius 3 is 2.94 bits per heavy atom. The molecule has 4 nitrogen and oxygen atoms in total. The van der Waals surface area contributed by atoms with E-state index in [1.165, 1.54) is 6.42 Å². The van der Waals surface area contributed by atoms with E-state index in [4.69, 9.17) is 5.73 Å². The van der Waals surface area contributed by atoms with E-state index in [9.17, 15) is 0 Å². The minimum atomic E-state index is 0.0299. The largest absolute Gasteiger partial charge is 0.327 e. The van der Waals surface area contributed by atoms with Crippen LogP contribution in [0, 0.1) is 0 Å². The van der Waals surface area contributed by atoms with Crippen LogP contribution in [0.3, 0.4) is 0 Å². The van der Waals surface area contributed by atoms with Crippen LogP contribution in [0.5, 0.6) is 0 Å². The fourth-order valence-corrected chi connectivity index (χ4v) is 2.17. The van der Waals surface area contributed by atoms with Gasteiger partial charge in [0.15, 0.2) is 0 Å². The average Bonchev–Trinajstić information content (AvgIpc) is 2.74. The molecule has 0 spiro atoms. The fourth-order valence-electron chi connectivity index (χ4n) is 2.17. The summed E-state index contributed by atoms with van der Waals surface area (Å²) in [6, 6.07) is 2.03. The number of nitrogens with two attached hydrogens (primary N) is 1. The topological polar surface area (TPSA) is 56.7 Å². The Balaban J connectivity index is 2.38. The summed E-state index contributed by atoms with van der Waals surface area (Å²) >= 11 is 0. The SMILES string of the molecule is CCCCC(N)c1nc2cnccc2n1CC. The molecule has 0 saturated carbocycles. The highest BCUT2D eigenvalue weighted by Gasteiger charge is 2.15. The molecular weight excluding hydrogens is 212 g/mol. The predicted molar refractivity (Wildman–Crippen MR) is 69.7 cm³/mol. The molecule has 1 atom stereocenters. The molecule has 0 aliphatic carbocycles. The third-order valence-electron chi connectivity index (χ3n) is 3.10. The second-order valence-corrected chi connectivity index (χ2v) is 4.33. The Kier molecular flexibility index (Phi) is 3.74. The molecule has 2 N–H and O–H groups in total. The van der Waals surface area contributed by atoms with Crippen molar-refractivity contribution in [3.05, 3.63) is 24.3 Å². The van der Waals surface area contributed by atoms with Gasteiger partial charge in [-0.25, -0.2) is 4.98 Å². The van der Waals surface area contributed by atoms with Crippen LogP contribution in [0.25, 0.3) is 11.0 Å². The van der Waals surface area contributed by atoms with Crippen molar-refractivity contribution in [1.29, 1.82) is 0 Å². The number of unbranched alkanes of at least 4 members (excludes halogenated alkanes) is 1. The second-order valence-electron chi connectivity index (χ2n) is 4.33. The van der Waals surface area contributed by atoms with Gasteiger partial charge in [0.25, 0.3) is 0 Å². The van der Waals surface area contributed by atoms with Gasteiger partial charge >= 0.3 is 0 Å². The van der Waals surface area contributed by atoms with E-state index in [2.05, 4.69) is 28.4 Å². The van der Waals surface area contributed by atoms with E-state index in [0.717, 1.165) is 36.2 Å². The number of hydrogen-bond donors (Lipinski definition) is 1. The van der Waals surface area contributed by atoms with E-state index in [0.29, 0.717) is 0 Å². The molecule has 0 aliphatic heterocycles. The number of pyridine rings is 1. The number of rotatable bonds is 5. The van der Waals surface area contributed by atoms with Crippen LogP contribution in [0.2, 0.25) is 0 Å². The molecule has 0 saturated heterocycles. The number of imidazole rings is 1. The zero-order valence-corrected chi connectivity index (χ0v) is 10.6. The molecule has 2 heterocycles. The standard InChI is InChI=1S/C13H20N4/c1-3-5-6-10(14)13-16-11-9-15-8-7-12(11)17(13)4-2/h7-10H,3-6,14H2,1-2H3. The molecule has 0 radical (unpaired) electrons. The summed E-state index contributed by atoms with van der Waals surface area (Å²) in [6.45, 7) is 5.20. The zero-order valence-electron chi connectivity index (χ0n) is 10.6. The van der Waals surface area contributed by atoms with Gasteiger partial charge in [-0.2, -0.15) is 0 Å². The predicted octanol–water partition coefficient (Wildman–Crippen LogP) is 2.64. The van der Waals surface area contributed by atoms with Crippen LogP contribution in [-0.4, -0.2) is 14.5 Å². The first-order valence-corrected chi connectivity index (χ1v) is 6.33. The molecule has 17 heavy (non-hydrogen) atoms. The first-order valence-electron chi connectivity index (χ1n) is 6.33. The molecule has 0 aromatic carbocycles. The van der Waals surface area contributed by atoms with E-state index in [1.54, 1.807) is 12.4 Å². The van der Waals surface area contributed by atoms with Crippen molar-refractivity contribution < 1.29 is 0 Å². The van der Waals surface area contributed by atoms with Crippen molar-refractivity contribution in [3.8, 4) is 0 Å². The Bertz CT molecular complexity index is 489. The van der Waals surface area contributed by atoms with E-state index < -0.39 is 0 Å². The fraction of sp³-hybridized carbons (Fsp3) is 0.538. The van der Waals surface area contributed by atoms with Crippen molar-refractivity contribution in [3.63, 3.8) is 0 Å². The summed E-state index contributed by atoms with van der Waals surface area (Å²) in [4.78, 5) is 8.72. The molecule has 0 bridgehead atoms. The number of aromatic nitrogens is 3. The molecule has 2 aromatic heterocycles. The van der Waals surface area contributed by atoms with Crippen molar-refractivity contribution in [1.82, 2.24) is 14.5 Å². The van der Waals surface area contributed by atoms with Crippen molar-refractivity contribution >= 4 is 11.0 Å². The molecule has 0 amide bonds. The van der Waals surface area contributed by atoms with E-state index in [1.807, 2.05) is 6.07 Å².